The van der Waals surface area contributed by atoms with Gasteiger partial charge in [-0.3, -0.25) is 4.90 Å². The third-order valence-corrected chi connectivity index (χ3v) is 4.84. The van der Waals surface area contributed by atoms with Crippen molar-refractivity contribution >= 4 is 5.82 Å². The van der Waals surface area contributed by atoms with E-state index in [0.29, 0.717) is 6.04 Å². The molecule has 0 saturated carbocycles. The molecule has 6 heteroatoms. The van der Waals surface area contributed by atoms with Gasteiger partial charge >= 0.3 is 0 Å². The molecule has 1 atom stereocenters. The van der Waals surface area contributed by atoms with Crippen LogP contribution in [0.4, 0.5) is 5.82 Å². The number of hydrogen-bond donors (Lipinski definition) is 0. The predicted octanol–water partition coefficient (Wildman–Crippen LogP) is 2.55. The van der Waals surface area contributed by atoms with E-state index in [1.807, 2.05) is 24.4 Å². The molecule has 0 aliphatic carbocycles. The molecule has 0 spiro atoms. The van der Waals surface area contributed by atoms with Gasteiger partial charge in [-0.1, -0.05) is 30.3 Å². The van der Waals surface area contributed by atoms with Crippen LogP contribution in [0, 0.1) is 0 Å². The molecule has 0 bridgehead atoms. The quantitative estimate of drug-likeness (QED) is 0.734. The molecule has 6 nitrogen and oxygen atoms in total. The number of rotatable bonds is 4. The third kappa shape index (κ3) is 3.39. The highest BCUT2D eigenvalue weighted by Gasteiger charge is 2.22. The van der Waals surface area contributed by atoms with Gasteiger partial charge in [-0.05, 0) is 30.7 Å². The molecular formula is C19H22N6. The second-order valence-electron chi connectivity index (χ2n) is 6.31. The molecule has 4 rings (SSSR count). The van der Waals surface area contributed by atoms with Gasteiger partial charge in [0.25, 0.3) is 0 Å². The smallest absolute Gasteiger partial charge is 0.175 e. The number of hydrogen-bond acceptors (Lipinski definition) is 5. The molecule has 0 amide bonds. The summed E-state index contributed by atoms with van der Waals surface area (Å²) in [4.78, 5) is 4.82. The van der Waals surface area contributed by atoms with Gasteiger partial charge in [0, 0.05) is 44.6 Å². The summed E-state index contributed by atoms with van der Waals surface area (Å²) < 4.78 is 1.72. The highest BCUT2D eigenvalue weighted by molar-refractivity contribution is 5.40. The Morgan fingerprint density at radius 3 is 2.20 bits per heavy atom. The lowest BCUT2D eigenvalue weighted by atomic mass is 10.1. The molecular weight excluding hydrogens is 312 g/mol. The Morgan fingerprint density at radius 1 is 0.840 bits per heavy atom. The van der Waals surface area contributed by atoms with Crippen molar-refractivity contribution in [3.63, 3.8) is 0 Å². The van der Waals surface area contributed by atoms with E-state index in [-0.39, 0.29) is 0 Å². The maximum atomic E-state index is 4.38. The van der Waals surface area contributed by atoms with Gasteiger partial charge in [-0.15, -0.1) is 10.2 Å². The highest BCUT2D eigenvalue weighted by Crippen LogP contribution is 2.22. The maximum Gasteiger partial charge on any atom is 0.175 e. The summed E-state index contributed by atoms with van der Waals surface area (Å²) in [5.41, 5.74) is 1.37. The van der Waals surface area contributed by atoms with Crippen molar-refractivity contribution in [3.8, 4) is 5.82 Å². The average Bonchev–Trinajstić information content (AvgIpc) is 3.23. The summed E-state index contributed by atoms with van der Waals surface area (Å²) in [6.45, 7) is 6.26. The van der Waals surface area contributed by atoms with E-state index >= 15 is 0 Å². The first-order valence-corrected chi connectivity index (χ1v) is 8.69. The van der Waals surface area contributed by atoms with E-state index in [9.17, 15) is 0 Å². The summed E-state index contributed by atoms with van der Waals surface area (Å²) in [6.07, 6.45) is 3.61. The van der Waals surface area contributed by atoms with Crippen LogP contribution in [0.5, 0.6) is 0 Å². The molecule has 25 heavy (non-hydrogen) atoms. The first kappa shape index (κ1) is 15.8. The van der Waals surface area contributed by atoms with Crippen molar-refractivity contribution in [3.05, 3.63) is 66.5 Å². The Balaban J connectivity index is 1.38. The fourth-order valence-electron chi connectivity index (χ4n) is 3.29. The van der Waals surface area contributed by atoms with Crippen LogP contribution in [0.2, 0.25) is 0 Å². The standard InChI is InChI=1S/C19H22N6/c1-16(17-6-3-2-4-7-17)23-12-14-24(15-13-23)18-8-9-19(22-21-18)25-11-5-10-20-25/h2-11,16H,12-15H2,1H3. The van der Waals surface area contributed by atoms with E-state index in [4.69, 9.17) is 0 Å². The average molecular weight is 334 g/mol. The van der Waals surface area contributed by atoms with Crippen molar-refractivity contribution in [2.75, 3.05) is 31.1 Å². The number of benzene rings is 1. The summed E-state index contributed by atoms with van der Waals surface area (Å²) >= 11 is 0. The summed E-state index contributed by atoms with van der Waals surface area (Å²) in [6, 6.07) is 17.0. The molecule has 1 unspecified atom stereocenters. The van der Waals surface area contributed by atoms with E-state index in [1.54, 1.807) is 10.9 Å². The van der Waals surface area contributed by atoms with Crippen molar-refractivity contribution in [2.45, 2.75) is 13.0 Å². The minimum Gasteiger partial charge on any atom is -0.353 e. The van der Waals surface area contributed by atoms with Crippen LogP contribution in [-0.2, 0) is 0 Å². The number of anilines is 1. The van der Waals surface area contributed by atoms with Crippen LogP contribution >= 0.6 is 0 Å². The first-order chi connectivity index (χ1) is 12.3. The Hall–Kier alpha value is -2.73. The second kappa shape index (κ2) is 7.03. The zero-order valence-electron chi connectivity index (χ0n) is 14.4. The lowest BCUT2D eigenvalue weighted by Gasteiger charge is -2.38. The Labute approximate surface area is 147 Å². The van der Waals surface area contributed by atoms with Gasteiger partial charge in [0.15, 0.2) is 11.6 Å². The molecule has 1 aliphatic heterocycles. The van der Waals surface area contributed by atoms with Crippen LogP contribution in [0.1, 0.15) is 18.5 Å². The van der Waals surface area contributed by atoms with Crippen molar-refractivity contribution in [1.82, 2.24) is 24.9 Å². The molecule has 3 aromatic rings. The van der Waals surface area contributed by atoms with Crippen molar-refractivity contribution in [2.24, 2.45) is 0 Å². The largest absolute Gasteiger partial charge is 0.353 e. The van der Waals surface area contributed by atoms with E-state index in [1.165, 1.54) is 5.56 Å². The molecule has 0 N–H and O–H groups in total. The predicted molar refractivity (Wildman–Crippen MR) is 97.8 cm³/mol. The van der Waals surface area contributed by atoms with Gasteiger partial charge in [0.1, 0.15) is 0 Å². The van der Waals surface area contributed by atoms with Crippen LogP contribution in [0.3, 0.4) is 0 Å². The minimum atomic E-state index is 0.441. The van der Waals surface area contributed by atoms with Crippen molar-refractivity contribution in [1.29, 1.82) is 0 Å². The topological polar surface area (TPSA) is 50.1 Å². The molecule has 1 saturated heterocycles. The zero-order chi connectivity index (χ0) is 17.1. The lowest BCUT2D eigenvalue weighted by molar-refractivity contribution is 0.198. The number of piperazine rings is 1. The Morgan fingerprint density at radius 2 is 1.56 bits per heavy atom. The molecule has 1 aromatic carbocycles. The van der Waals surface area contributed by atoms with Gasteiger partial charge < -0.3 is 4.90 Å². The molecule has 1 fully saturated rings. The van der Waals surface area contributed by atoms with Crippen LogP contribution in [0.15, 0.2) is 60.9 Å². The van der Waals surface area contributed by atoms with Crippen molar-refractivity contribution < 1.29 is 0 Å². The molecule has 1 aliphatic rings. The number of nitrogens with zero attached hydrogens (tertiary/aromatic N) is 6. The van der Waals surface area contributed by atoms with Gasteiger partial charge in [-0.2, -0.15) is 5.10 Å². The molecule has 0 radical (unpaired) electrons. The first-order valence-electron chi connectivity index (χ1n) is 8.69. The van der Waals surface area contributed by atoms with Crippen LogP contribution < -0.4 is 4.90 Å². The maximum absolute atomic E-state index is 4.38. The SMILES string of the molecule is CC(c1ccccc1)N1CCN(c2ccc(-n3cccn3)nn2)CC1. The lowest BCUT2D eigenvalue weighted by Crippen LogP contribution is -2.47. The normalized spacial score (nSPS) is 16.8. The van der Waals surface area contributed by atoms with Crippen LogP contribution in [0.25, 0.3) is 5.82 Å². The third-order valence-electron chi connectivity index (χ3n) is 4.84. The molecule has 3 heterocycles. The zero-order valence-corrected chi connectivity index (χ0v) is 14.4. The number of aromatic nitrogens is 4. The van der Waals surface area contributed by atoms with E-state index < -0.39 is 0 Å². The second-order valence-corrected chi connectivity index (χ2v) is 6.31. The molecule has 2 aromatic heterocycles. The fourth-order valence-corrected chi connectivity index (χ4v) is 3.29. The van der Waals surface area contributed by atoms with Gasteiger partial charge in [-0.25, -0.2) is 4.68 Å². The molecule has 128 valence electrons. The Bertz CT molecular complexity index is 777. The monoisotopic (exact) mass is 334 g/mol. The summed E-state index contributed by atoms with van der Waals surface area (Å²) in [7, 11) is 0. The minimum absolute atomic E-state index is 0.441. The van der Waals surface area contributed by atoms with Gasteiger partial charge in [0.05, 0.1) is 0 Å². The van der Waals surface area contributed by atoms with E-state index in [0.717, 1.165) is 37.8 Å². The van der Waals surface area contributed by atoms with Gasteiger partial charge in [0.2, 0.25) is 0 Å². The fraction of sp³-hybridized carbons (Fsp3) is 0.316. The summed E-state index contributed by atoms with van der Waals surface area (Å²) in [5, 5.41) is 12.9. The Kier molecular flexibility index (Phi) is 4.43. The highest BCUT2D eigenvalue weighted by atomic mass is 15.4. The van der Waals surface area contributed by atoms with E-state index in [2.05, 4.69) is 62.4 Å². The van der Waals surface area contributed by atoms with Crippen LogP contribution in [-0.4, -0.2) is 51.1 Å². The summed E-state index contributed by atoms with van der Waals surface area (Å²) in [5.74, 6) is 1.67.